The first-order valence-corrected chi connectivity index (χ1v) is 7.00. The number of nitrogens with one attached hydrogen (secondary N) is 1. The highest BCUT2D eigenvalue weighted by Gasteiger charge is 2.15. The van der Waals surface area contributed by atoms with E-state index in [9.17, 15) is 4.79 Å². The maximum absolute atomic E-state index is 12.0. The third-order valence-electron chi connectivity index (χ3n) is 3.13. The highest BCUT2D eigenvalue weighted by Crippen LogP contribution is 2.21. The molecule has 0 aliphatic carbocycles. The first-order valence-electron chi connectivity index (χ1n) is 6.62. The van der Waals surface area contributed by atoms with E-state index in [1.165, 1.54) is 0 Å². The Bertz CT molecular complexity index is 593. The maximum Gasteiger partial charge on any atom is 0.157 e. The van der Waals surface area contributed by atoms with Gasteiger partial charge < -0.3 is 5.32 Å². The topological polar surface area (TPSA) is 46.9 Å². The van der Waals surface area contributed by atoms with Gasteiger partial charge in [-0.1, -0.05) is 36.7 Å². The number of halogens is 1. The summed E-state index contributed by atoms with van der Waals surface area (Å²) in [7, 11) is 1.82. The molecule has 1 aromatic heterocycles. The van der Waals surface area contributed by atoms with Crippen LogP contribution in [-0.4, -0.2) is 22.1 Å². The summed E-state index contributed by atoms with van der Waals surface area (Å²) < 4.78 is 1.70. The summed E-state index contributed by atoms with van der Waals surface area (Å²) >= 11 is 6.24. The molecule has 106 valence electrons. The van der Waals surface area contributed by atoms with Gasteiger partial charge in [-0.25, -0.2) is 0 Å². The Balaban J connectivity index is 1.97. The zero-order valence-electron chi connectivity index (χ0n) is 11.7. The summed E-state index contributed by atoms with van der Waals surface area (Å²) in [5.74, 6) is 0.0846. The van der Waals surface area contributed by atoms with Crippen LogP contribution in [0, 0.1) is 0 Å². The zero-order valence-corrected chi connectivity index (χ0v) is 12.4. The van der Waals surface area contributed by atoms with Gasteiger partial charge in [0.1, 0.15) is 0 Å². The lowest BCUT2D eigenvalue weighted by Crippen LogP contribution is -2.17. The Morgan fingerprint density at radius 3 is 2.65 bits per heavy atom. The van der Waals surface area contributed by atoms with Gasteiger partial charge in [0.2, 0.25) is 0 Å². The van der Waals surface area contributed by atoms with Crippen molar-refractivity contribution in [1.82, 2.24) is 9.78 Å². The molecule has 0 saturated carbocycles. The summed E-state index contributed by atoms with van der Waals surface area (Å²) in [6.45, 7) is 2.28. The lowest BCUT2D eigenvalue weighted by Gasteiger charge is -2.06. The molecule has 0 unspecified atom stereocenters. The molecule has 1 heterocycles. The average molecular weight is 292 g/mol. The van der Waals surface area contributed by atoms with Crippen molar-refractivity contribution in [2.75, 3.05) is 11.9 Å². The molecule has 1 aromatic carbocycles. The van der Waals surface area contributed by atoms with Gasteiger partial charge in [0, 0.05) is 12.7 Å². The van der Waals surface area contributed by atoms with E-state index in [1.54, 1.807) is 4.68 Å². The molecule has 0 atom stereocenters. The van der Waals surface area contributed by atoms with E-state index >= 15 is 0 Å². The van der Waals surface area contributed by atoms with Crippen molar-refractivity contribution < 1.29 is 4.79 Å². The van der Waals surface area contributed by atoms with Crippen LogP contribution in [0.3, 0.4) is 0 Å². The zero-order chi connectivity index (χ0) is 14.5. The monoisotopic (exact) mass is 291 g/mol. The largest absolute Gasteiger partial charge is 0.378 e. The molecule has 2 aromatic rings. The number of benzene rings is 1. The summed E-state index contributed by atoms with van der Waals surface area (Å²) in [5, 5.41) is 8.03. The highest BCUT2D eigenvalue weighted by molar-refractivity contribution is 6.32. The normalized spacial score (nSPS) is 10.6. The minimum Gasteiger partial charge on any atom is -0.378 e. The smallest absolute Gasteiger partial charge is 0.157 e. The van der Waals surface area contributed by atoms with E-state index in [4.69, 9.17) is 11.6 Å². The van der Waals surface area contributed by atoms with E-state index in [2.05, 4.69) is 10.4 Å². The molecule has 0 fully saturated rings. The van der Waals surface area contributed by atoms with Crippen LogP contribution in [-0.2, 0) is 24.7 Å². The second kappa shape index (κ2) is 6.57. The maximum atomic E-state index is 12.0. The number of aromatic nitrogens is 2. The van der Waals surface area contributed by atoms with Gasteiger partial charge in [-0.3, -0.25) is 9.48 Å². The van der Waals surface area contributed by atoms with Crippen molar-refractivity contribution in [3.8, 4) is 0 Å². The van der Waals surface area contributed by atoms with Gasteiger partial charge >= 0.3 is 0 Å². The number of hydrogen-bond donors (Lipinski definition) is 1. The molecule has 2 rings (SSSR count). The quantitative estimate of drug-likeness (QED) is 0.890. The number of ketones is 1. The molecule has 5 heteroatoms. The third kappa shape index (κ3) is 3.39. The number of nitrogens with zero attached hydrogens (tertiary/aromatic N) is 2. The third-order valence-corrected chi connectivity index (χ3v) is 3.57. The predicted molar refractivity (Wildman–Crippen MR) is 81.2 cm³/mol. The lowest BCUT2D eigenvalue weighted by atomic mass is 10.2. The van der Waals surface area contributed by atoms with Crippen LogP contribution in [0.4, 0.5) is 5.69 Å². The van der Waals surface area contributed by atoms with E-state index in [-0.39, 0.29) is 12.3 Å². The first-order chi connectivity index (χ1) is 9.61. The van der Waals surface area contributed by atoms with Gasteiger partial charge in [0.25, 0.3) is 0 Å². The number of carbonyl (C=O) groups excluding carboxylic acids is 1. The van der Waals surface area contributed by atoms with Gasteiger partial charge in [-0.15, -0.1) is 0 Å². The van der Waals surface area contributed by atoms with Crippen LogP contribution in [0.2, 0.25) is 5.02 Å². The highest BCUT2D eigenvalue weighted by atomic mass is 35.5. The van der Waals surface area contributed by atoms with Crippen molar-refractivity contribution in [2.24, 2.45) is 7.05 Å². The second-order valence-electron chi connectivity index (χ2n) is 4.62. The molecule has 0 aliphatic rings. The summed E-state index contributed by atoms with van der Waals surface area (Å²) in [5.41, 5.74) is 2.56. The number of hydrogen-bond acceptors (Lipinski definition) is 3. The molecule has 0 spiro atoms. The van der Waals surface area contributed by atoms with E-state index in [1.807, 2.05) is 44.3 Å². The van der Waals surface area contributed by atoms with Crippen molar-refractivity contribution in [3.05, 3.63) is 46.7 Å². The standard InChI is InChI=1S/C15H18ClN3O/c1-3-13-15(16)14(19(2)18-13)9-12(20)10-17-11-7-5-4-6-8-11/h4-8,17H,3,9-10H2,1-2H3. The molecule has 0 radical (unpaired) electrons. The molecule has 4 nitrogen and oxygen atoms in total. The average Bonchev–Trinajstić information content (AvgIpc) is 2.73. The molecule has 1 N–H and O–H groups in total. The Morgan fingerprint density at radius 1 is 1.35 bits per heavy atom. The van der Waals surface area contributed by atoms with Crippen LogP contribution in [0.5, 0.6) is 0 Å². The number of aryl methyl sites for hydroxylation is 2. The number of rotatable bonds is 6. The fourth-order valence-corrected chi connectivity index (χ4v) is 2.38. The van der Waals surface area contributed by atoms with Crippen molar-refractivity contribution in [1.29, 1.82) is 0 Å². The van der Waals surface area contributed by atoms with E-state index < -0.39 is 0 Å². The minimum atomic E-state index is 0.0846. The molecule has 0 aliphatic heterocycles. The summed E-state index contributed by atoms with van der Waals surface area (Å²) in [6, 6.07) is 9.66. The van der Waals surface area contributed by atoms with Gasteiger partial charge in [-0.2, -0.15) is 5.10 Å². The van der Waals surface area contributed by atoms with Crippen molar-refractivity contribution in [3.63, 3.8) is 0 Å². The van der Waals surface area contributed by atoms with Crippen LogP contribution < -0.4 is 5.32 Å². The molecular formula is C15H18ClN3O. The number of Topliss-reactive ketones (excluding diaryl/α,β-unsaturated/α-hetero) is 1. The Hall–Kier alpha value is -1.81. The summed E-state index contributed by atoms with van der Waals surface area (Å²) in [4.78, 5) is 12.0. The number of carbonyl (C=O) groups is 1. The van der Waals surface area contributed by atoms with Gasteiger partial charge in [0.15, 0.2) is 5.78 Å². The first kappa shape index (κ1) is 14.6. The molecular weight excluding hydrogens is 274 g/mol. The Labute approximate surface area is 123 Å². The summed E-state index contributed by atoms with van der Waals surface area (Å²) in [6.07, 6.45) is 1.06. The molecule has 0 bridgehead atoms. The minimum absolute atomic E-state index is 0.0846. The Morgan fingerprint density at radius 2 is 2.05 bits per heavy atom. The Kier molecular flexibility index (Phi) is 4.79. The second-order valence-corrected chi connectivity index (χ2v) is 5.00. The SMILES string of the molecule is CCc1nn(C)c(CC(=O)CNc2ccccc2)c1Cl. The number of anilines is 1. The van der Waals surface area contributed by atoms with Crippen molar-refractivity contribution >= 4 is 23.1 Å². The van der Waals surface area contributed by atoms with Crippen LogP contribution >= 0.6 is 11.6 Å². The molecule has 0 amide bonds. The van der Waals surface area contributed by atoms with Gasteiger partial charge in [0.05, 0.1) is 29.4 Å². The van der Waals surface area contributed by atoms with Gasteiger partial charge in [-0.05, 0) is 18.6 Å². The predicted octanol–water partition coefficient (Wildman–Crippen LogP) is 2.86. The van der Waals surface area contributed by atoms with E-state index in [0.29, 0.717) is 11.4 Å². The van der Waals surface area contributed by atoms with Crippen LogP contribution in [0.15, 0.2) is 30.3 Å². The fourth-order valence-electron chi connectivity index (χ4n) is 2.02. The number of para-hydroxylation sites is 1. The van der Waals surface area contributed by atoms with Crippen molar-refractivity contribution in [2.45, 2.75) is 19.8 Å². The molecule has 20 heavy (non-hydrogen) atoms. The lowest BCUT2D eigenvalue weighted by molar-refractivity contribution is -0.116. The van der Waals surface area contributed by atoms with E-state index in [0.717, 1.165) is 23.5 Å². The molecule has 0 saturated heterocycles. The fraction of sp³-hybridized carbons (Fsp3) is 0.333. The van der Waals surface area contributed by atoms with Crippen LogP contribution in [0.25, 0.3) is 0 Å². The van der Waals surface area contributed by atoms with Crippen LogP contribution in [0.1, 0.15) is 18.3 Å².